The predicted octanol–water partition coefficient (Wildman–Crippen LogP) is 2.17. The van der Waals surface area contributed by atoms with Gasteiger partial charge in [0.1, 0.15) is 0 Å². The smallest absolute Gasteiger partial charge is 0.169 e. The van der Waals surface area contributed by atoms with Crippen LogP contribution in [-0.2, 0) is 6.54 Å². The Labute approximate surface area is 101 Å². The molecule has 1 heterocycles. The summed E-state index contributed by atoms with van der Waals surface area (Å²) in [6, 6.07) is 0. The van der Waals surface area contributed by atoms with Gasteiger partial charge >= 0.3 is 0 Å². The Bertz CT molecular complexity index is 322. The molecule has 0 aliphatic carbocycles. The fourth-order valence-electron chi connectivity index (χ4n) is 1.13. The molecule has 0 atom stereocenters. The van der Waals surface area contributed by atoms with Gasteiger partial charge in [0.25, 0.3) is 0 Å². The lowest BCUT2D eigenvalue weighted by Crippen LogP contribution is -2.36. The molecule has 15 heavy (non-hydrogen) atoms. The van der Waals surface area contributed by atoms with Crippen molar-refractivity contribution in [2.45, 2.75) is 26.8 Å². The Hall–Kier alpha value is -0.680. The van der Waals surface area contributed by atoms with Crippen molar-refractivity contribution in [1.82, 2.24) is 15.2 Å². The van der Waals surface area contributed by atoms with Gasteiger partial charge in [-0.15, -0.1) is 11.3 Å². The highest BCUT2D eigenvalue weighted by Crippen LogP contribution is 2.13. The number of nitrogens with zero attached hydrogens (tertiary/aromatic N) is 2. The second-order valence-corrected chi connectivity index (χ2v) is 4.77. The van der Waals surface area contributed by atoms with Crippen LogP contribution in [0.3, 0.4) is 0 Å². The van der Waals surface area contributed by atoms with E-state index in [0.29, 0.717) is 0 Å². The zero-order valence-electron chi connectivity index (χ0n) is 9.41. The Morgan fingerprint density at radius 3 is 2.93 bits per heavy atom. The number of hydrogen-bond acceptors (Lipinski definition) is 3. The molecule has 3 nitrogen and oxygen atoms in total. The van der Waals surface area contributed by atoms with Crippen molar-refractivity contribution in [3.05, 3.63) is 16.1 Å². The highest BCUT2D eigenvalue weighted by atomic mass is 32.1. The van der Waals surface area contributed by atoms with Gasteiger partial charge in [-0.05, 0) is 25.6 Å². The third-order valence-corrected chi connectivity index (χ3v) is 3.47. The van der Waals surface area contributed by atoms with Gasteiger partial charge < -0.3 is 10.2 Å². The number of thiocarbonyl (C=S) groups is 1. The minimum absolute atomic E-state index is 0.810. The van der Waals surface area contributed by atoms with E-state index in [2.05, 4.69) is 17.2 Å². The van der Waals surface area contributed by atoms with Crippen LogP contribution in [0.2, 0.25) is 0 Å². The minimum atomic E-state index is 0.810. The third-order valence-electron chi connectivity index (χ3n) is 2.10. The summed E-state index contributed by atoms with van der Waals surface area (Å²) < 4.78 is 0. The first kappa shape index (κ1) is 12.4. The molecule has 0 aromatic carbocycles. The molecule has 0 spiro atoms. The maximum absolute atomic E-state index is 5.26. The van der Waals surface area contributed by atoms with Gasteiger partial charge in [0, 0.05) is 18.5 Å². The van der Waals surface area contributed by atoms with Gasteiger partial charge in [-0.1, -0.05) is 6.92 Å². The van der Waals surface area contributed by atoms with E-state index in [1.54, 1.807) is 11.3 Å². The molecular formula is C10H17N3S2. The van der Waals surface area contributed by atoms with Crippen LogP contribution in [0.5, 0.6) is 0 Å². The van der Waals surface area contributed by atoms with E-state index in [-0.39, 0.29) is 0 Å². The fourth-order valence-corrected chi connectivity index (χ4v) is 2.13. The summed E-state index contributed by atoms with van der Waals surface area (Å²) in [7, 11) is 2.00. The molecule has 0 bridgehead atoms. The number of nitrogens with one attached hydrogen (secondary N) is 1. The molecule has 0 saturated carbocycles. The van der Waals surface area contributed by atoms with Gasteiger partial charge in [-0.2, -0.15) is 0 Å². The number of aryl methyl sites for hydroxylation is 1. The van der Waals surface area contributed by atoms with E-state index >= 15 is 0 Å². The molecular weight excluding hydrogens is 226 g/mol. The third kappa shape index (κ3) is 3.76. The number of hydrogen-bond donors (Lipinski definition) is 1. The van der Waals surface area contributed by atoms with Gasteiger partial charge in [-0.25, -0.2) is 4.98 Å². The summed E-state index contributed by atoms with van der Waals surface area (Å²) in [5, 5.41) is 4.02. The van der Waals surface area contributed by atoms with Gasteiger partial charge in [0.2, 0.25) is 0 Å². The molecule has 1 aromatic heterocycles. The zero-order valence-corrected chi connectivity index (χ0v) is 11.0. The summed E-state index contributed by atoms with van der Waals surface area (Å²) in [4.78, 5) is 7.54. The van der Waals surface area contributed by atoms with E-state index < -0.39 is 0 Å². The van der Waals surface area contributed by atoms with Crippen LogP contribution < -0.4 is 5.32 Å². The normalized spacial score (nSPS) is 10.1. The second kappa shape index (κ2) is 6.02. The lowest BCUT2D eigenvalue weighted by molar-refractivity contribution is 0.492. The summed E-state index contributed by atoms with van der Waals surface area (Å²) >= 11 is 6.94. The molecule has 0 amide bonds. The van der Waals surface area contributed by atoms with Crippen molar-refractivity contribution in [2.75, 3.05) is 13.6 Å². The Morgan fingerprint density at radius 2 is 2.40 bits per heavy atom. The van der Waals surface area contributed by atoms with Gasteiger partial charge in [0.15, 0.2) is 5.11 Å². The molecule has 0 aliphatic heterocycles. The van der Waals surface area contributed by atoms with Crippen LogP contribution in [-0.4, -0.2) is 28.6 Å². The van der Waals surface area contributed by atoms with Crippen LogP contribution in [0.25, 0.3) is 0 Å². The number of thiazole rings is 1. The van der Waals surface area contributed by atoms with Crippen molar-refractivity contribution >= 4 is 28.7 Å². The summed E-state index contributed by atoms with van der Waals surface area (Å²) in [6.07, 6.45) is 1.09. The van der Waals surface area contributed by atoms with Crippen molar-refractivity contribution < 1.29 is 0 Å². The summed E-state index contributed by atoms with van der Waals surface area (Å²) in [5.74, 6) is 0. The van der Waals surface area contributed by atoms with Gasteiger partial charge in [0.05, 0.1) is 17.7 Å². The monoisotopic (exact) mass is 243 g/mol. The standard InChI is InChI=1S/C10H17N3S2/c1-4-5-11-10(14)13(3)6-9-8(2)12-7-15-9/h7H,4-6H2,1-3H3,(H,11,14). The van der Waals surface area contributed by atoms with E-state index in [1.165, 1.54) is 4.88 Å². The maximum Gasteiger partial charge on any atom is 0.169 e. The Balaban J connectivity index is 2.45. The molecule has 0 aliphatic rings. The Morgan fingerprint density at radius 1 is 1.67 bits per heavy atom. The summed E-state index contributed by atoms with van der Waals surface area (Å²) in [6.45, 7) is 5.93. The van der Waals surface area contributed by atoms with Crippen LogP contribution in [0.1, 0.15) is 23.9 Å². The van der Waals surface area contributed by atoms with E-state index in [9.17, 15) is 0 Å². The molecule has 5 heteroatoms. The predicted molar refractivity (Wildman–Crippen MR) is 69.2 cm³/mol. The van der Waals surface area contributed by atoms with Crippen LogP contribution in [0, 0.1) is 6.92 Å². The van der Waals surface area contributed by atoms with Crippen LogP contribution in [0.15, 0.2) is 5.51 Å². The van der Waals surface area contributed by atoms with Crippen LogP contribution >= 0.6 is 23.6 Å². The maximum atomic E-state index is 5.26. The molecule has 0 fully saturated rings. The average Bonchev–Trinajstić information content (AvgIpc) is 2.61. The van der Waals surface area contributed by atoms with Crippen molar-refractivity contribution in [2.24, 2.45) is 0 Å². The lowest BCUT2D eigenvalue weighted by atomic mass is 10.4. The highest BCUT2D eigenvalue weighted by molar-refractivity contribution is 7.80. The topological polar surface area (TPSA) is 28.2 Å². The first-order valence-corrected chi connectivity index (χ1v) is 6.31. The fraction of sp³-hybridized carbons (Fsp3) is 0.600. The van der Waals surface area contributed by atoms with E-state index in [0.717, 1.165) is 30.3 Å². The molecule has 1 N–H and O–H groups in total. The van der Waals surface area contributed by atoms with Crippen molar-refractivity contribution in [1.29, 1.82) is 0 Å². The highest BCUT2D eigenvalue weighted by Gasteiger charge is 2.07. The number of rotatable bonds is 4. The first-order chi connectivity index (χ1) is 7.15. The molecule has 0 unspecified atom stereocenters. The SMILES string of the molecule is CCCNC(=S)N(C)Cc1scnc1C. The quantitative estimate of drug-likeness (QED) is 0.820. The minimum Gasteiger partial charge on any atom is -0.363 e. The van der Waals surface area contributed by atoms with Crippen LogP contribution in [0.4, 0.5) is 0 Å². The van der Waals surface area contributed by atoms with Crippen molar-refractivity contribution in [3.8, 4) is 0 Å². The number of aromatic nitrogens is 1. The molecule has 1 rings (SSSR count). The molecule has 84 valence electrons. The molecule has 0 saturated heterocycles. The Kier molecular flexibility index (Phi) is 4.98. The van der Waals surface area contributed by atoms with E-state index in [1.807, 2.05) is 24.4 Å². The van der Waals surface area contributed by atoms with E-state index in [4.69, 9.17) is 12.2 Å². The molecule has 0 radical (unpaired) electrons. The first-order valence-electron chi connectivity index (χ1n) is 5.03. The largest absolute Gasteiger partial charge is 0.363 e. The average molecular weight is 243 g/mol. The van der Waals surface area contributed by atoms with Crippen molar-refractivity contribution in [3.63, 3.8) is 0 Å². The van der Waals surface area contributed by atoms with Gasteiger partial charge in [-0.3, -0.25) is 0 Å². The molecule has 1 aromatic rings. The zero-order chi connectivity index (χ0) is 11.3. The lowest BCUT2D eigenvalue weighted by Gasteiger charge is -2.20. The summed E-state index contributed by atoms with van der Waals surface area (Å²) in [5.41, 5.74) is 2.98. The second-order valence-electron chi connectivity index (χ2n) is 3.45.